The molecule has 1 amide bonds. The predicted molar refractivity (Wildman–Crippen MR) is 73.2 cm³/mol. The number of carbonyl (C=O) groups is 1. The molecule has 2 aromatic rings. The summed E-state index contributed by atoms with van der Waals surface area (Å²) in [6, 6.07) is 0. The van der Waals surface area contributed by atoms with Gasteiger partial charge in [0.25, 0.3) is 0 Å². The van der Waals surface area contributed by atoms with Crippen molar-refractivity contribution in [1.29, 1.82) is 0 Å². The van der Waals surface area contributed by atoms with Crippen LogP contribution in [-0.4, -0.2) is 39.6 Å². The fourth-order valence-corrected chi connectivity index (χ4v) is 1.65. The first-order valence-electron chi connectivity index (χ1n) is 6.40. The monoisotopic (exact) mass is 327 g/mol. The number of anilines is 1. The van der Waals surface area contributed by atoms with E-state index in [9.17, 15) is 18.0 Å². The molecule has 0 unspecified atom stereocenters. The predicted octanol–water partition coefficient (Wildman–Crippen LogP) is 1.93. The van der Waals surface area contributed by atoms with E-state index in [1.54, 1.807) is 0 Å². The second-order valence-corrected chi connectivity index (χ2v) is 4.37. The van der Waals surface area contributed by atoms with Gasteiger partial charge in [0.05, 0.1) is 30.5 Å². The van der Waals surface area contributed by atoms with Crippen LogP contribution in [0.5, 0.6) is 0 Å². The van der Waals surface area contributed by atoms with E-state index in [0.29, 0.717) is 0 Å². The van der Waals surface area contributed by atoms with E-state index in [4.69, 9.17) is 4.74 Å². The molecule has 0 aliphatic carbocycles. The smallest absolute Gasteiger partial charge is 0.384 e. The third-order valence-electron chi connectivity index (χ3n) is 2.68. The lowest BCUT2D eigenvalue weighted by Crippen LogP contribution is -2.19. The average molecular weight is 327 g/mol. The van der Waals surface area contributed by atoms with Crippen molar-refractivity contribution in [2.24, 2.45) is 0 Å². The molecular weight excluding hydrogens is 315 g/mol. The van der Waals surface area contributed by atoms with Gasteiger partial charge in [0.15, 0.2) is 11.5 Å². The van der Waals surface area contributed by atoms with Gasteiger partial charge in [0.1, 0.15) is 6.33 Å². The van der Waals surface area contributed by atoms with Crippen molar-refractivity contribution < 1.29 is 22.7 Å². The van der Waals surface area contributed by atoms with Crippen molar-refractivity contribution in [3.63, 3.8) is 0 Å². The molecule has 10 heteroatoms. The minimum absolute atomic E-state index is 0.0813. The SMILES string of the molecule is COCCC(=O)Nc1cnc(-c2cncnc2)nc1C(F)(F)F. The molecule has 2 aromatic heterocycles. The summed E-state index contributed by atoms with van der Waals surface area (Å²) in [7, 11) is 1.38. The van der Waals surface area contributed by atoms with E-state index in [1.807, 2.05) is 0 Å². The Bertz CT molecular complexity index is 679. The van der Waals surface area contributed by atoms with Crippen LogP contribution in [0.25, 0.3) is 11.4 Å². The van der Waals surface area contributed by atoms with Crippen molar-refractivity contribution in [2.45, 2.75) is 12.6 Å². The lowest BCUT2D eigenvalue weighted by atomic mass is 10.2. The minimum atomic E-state index is -4.75. The third kappa shape index (κ3) is 4.42. The number of amides is 1. The van der Waals surface area contributed by atoms with Gasteiger partial charge in [-0.2, -0.15) is 13.2 Å². The molecule has 0 fully saturated rings. The van der Waals surface area contributed by atoms with Gasteiger partial charge in [-0.25, -0.2) is 19.9 Å². The highest BCUT2D eigenvalue weighted by Gasteiger charge is 2.37. The quantitative estimate of drug-likeness (QED) is 0.902. The molecular formula is C13H12F3N5O2. The maximum Gasteiger partial charge on any atom is 0.435 e. The van der Waals surface area contributed by atoms with Gasteiger partial charge in [0, 0.05) is 19.5 Å². The van der Waals surface area contributed by atoms with Crippen LogP contribution in [0, 0.1) is 0 Å². The second kappa shape index (κ2) is 7.09. The minimum Gasteiger partial charge on any atom is -0.384 e. The van der Waals surface area contributed by atoms with Crippen molar-refractivity contribution >= 4 is 11.6 Å². The summed E-state index contributed by atoms with van der Waals surface area (Å²) in [5, 5.41) is 2.14. The fraction of sp³-hybridized carbons (Fsp3) is 0.308. The maximum absolute atomic E-state index is 13.1. The van der Waals surface area contributed by atoms with Crippen LogP contribution >= 0.6 is 0 Å². The number of nitrogens with zero attached hydrogens (tertiary/aromatic N) is 4. The number of methoxy groups -OCH3 is 1. The Morgan fingerprint density at radius 2 is 1.96 bits per heavy atom. The standard InChI is InChI=1S/C13H12F3N5O2/c1-23-3-2-10(22)20-9-6-19-12(8-4-17-7-18-5-8)21-11(9)13(14,15)16/h4-7H,2-3H2,1H3,(H,20,22). The maximum atomic E-state index is 13.1. The van der Waals surface area contributed by atoms with E-state index < -0.39 is 23.5 Å². The van der Waals surface area contributed by atoms with E-state index in [2.05, 4.69) is 25.3 Å². The number of hydrogen-bond donors (Lipinski definition) is 1. The van der Waals surface area contributed by atoms with Gasteiger partial charge < -0.3 is 10.1 Å². The summed E-state index contributed by atoms with van der Waals surface area (Å²) < 4.78 is 44.1. The number of nitrogens with one attached hydrogen (secondary N) is 1. The van der Waals surface area contributed by atoms with E-state index in [-0.39, 0.29) is 24.4 Å². The first-order chi connectivity index (χ1) is 10.9. The Balaban J connectivity index is 2.34. The molecule has 0 atom stereocenters. The molecule has 7 nitrogen and oxygen atoms in total. The average Bonchev–Trinajstić information content (AvgIpc) is 2.53. The molecule has 0 saturated heterocycles. The number of rotatable bonds is 5. The molecule has 2 rings (SSSR count). The fourth-order valence-electron chi connectivity index (χ4n) is 1.65. The van der Waals surface area contributed by atoms with Gasteiger partial charge in [0.2, 0.25) is 5.91 Å². The van der Waals surface area contributed by atoms with Crippen molar-refractivity contribution in [3.05, 3.63) is 30.6 Å². The first kappa shape index (κ1) is 16.7. The molecule has 122 valence electrons. The highest BCUT2D eigenvalue weighted by atomic mass is 19.4. The summed E-state index contributed by atoms with van der Waals surface area (Å²) in [6.07, 6.45) is -0.112. The van der Waals surface area contributed by atoms with Crippen LogP contribution in [0.15, 0.2) is 24.9 Å². The number of ether oxygens (including phenoxy) is 1. The molecule has 2 heterocycles. The zero-order valence-corrected chi connectivity index (χ0v) is 12.0. The summed E-state index contributed by atoms with van der Waals surface area (Å²) in [4.78, 5) is 26.3. The van der Waals surface area contributed by atoms with E-state index in [0.717, 1.165) is 6.20 Å². The number of hydrogen-bond acceptors (Lipinski definition) is 6. The van der Waals surface area contributed by atoms with E-state index >= 15 is 0 Å². The summed E-state index contributed by atoms with van der Waals surface area (Å²) in [6.45, 7) is 0.0908. The van der Waals surface area contributed by atoms with Crippen LogP contribution in [0.2, 0.25) is 0 Å². The van der Waals surface area contributed by atoms with Crippen LogP contribution in [0.1, 0.15) is 12.1 Å². The first-order valence-corrected chi connectivity index (χ1v) is 6.40. The number of carbonyl (C=O) groups excluding carboxylic acids is 1. The van der Waals surface area contributed by atoms with Crippen LogP contribution in [0.4, 0.5) is 18.9 Å². The topological polar surface area (TPSA) is 89.9 Å². The molecule has 0 aromatic carbocycles. The largest absolute Gasteiger partial charge is 0.435 e. The molecule has 0 aliphatic rings. The Hall–Kier alpha value is -2.62. The van der Waals surface area contributed by atoms with Crippen LogP contribution in [-0.2, 0) is 15.7 Å². The lowest BCUT2D eigenvalue weighted by molar-refractivity contribution is -0.140. The molecule has 23 heavy (non-hydrogen) atoms. The molecule has 0 aliphatic heterocycles. The van der Waals surface area contributed by atoms with Gasteiger partial charge >= 0.3 is 6.18 Å². The zero-order chi connectivity index (χ0) is 16.9. The van der Waals surface area contributed by atoms with Gasteiger partial charge in [-0.15, -0.1) is 0 Å². The van der Waals surface area contributed by atoms with Gasteiger partial charge in [-0.1, -0.05) is 0 Å². The summed E-state index contributed by atoms with van der Waals surface area (Å²) in [5.41, 5.74) is -1.52. The Morgan fingerprint density at radius 3 is 2.57 bits per heavy atom. The summed E-state index contributed by atoms with van der Waals surface area (Å²) in [5.74, 6) is -0.815. The number of alkyl halides is 3. The zero-order valence-electron chi connectivity index (χ0n) is 12.0. The molecule has 0 radical (unpaired) electrons. The third-order valence-corrected chi connectivity index (χ3v) is 2.68. The van der Waals surface area contributed by atoms with Gasteiger partial charge in [-0.3, -0.25) is 4.79 Å². The van der Waals surface area contributed by atoms with E-state index in [1.165, 1.54) is 25.8 Å². The molecule has 0 saturated carbocycles. The molecule has 0 spiro atoms. The summed E-state index contributed by atoms with van der Waals surface area (Å²) >= 11 is 0. The van der Waals surface area contributed by atoms with Crippen LogP contribution in [0.3, 0.4) is 0 Å². The Morgan fingerprint density at radius 1 is 1.26 bits per heavy atom. The highest BCUT2D eigenvalue weighted by Crippen LogP contribution is 2.34. The Labute approximate surface area is 129 Å². The van der Waals surface area contributed by atoms with Crippen molar-refractivity contribution in [2.75, 3.05) is 19.0 Å². The highest BCUT2D eigenvalue weighted by molar-refractivity contribution is 5.91. The number of halogens is 3. The van der Waals surface area contributed by atoms with Crippen molar-refractivity contribution in [3.8, 4) is 11.4 Å². The molecule has 1 N–H and O–H groups in total. The second-order valence-electron chi connectivity index (χ2n) is 4.37. The number of aromatic nitrogens is 4. The Kier molecular flexibility index (Phi) is 5.16. The van der Waals surface area contributed by atoms with Crippen molar-refractivity contribution in [1.82, 2.24) is 19.9 Å². The van der Waals surface area contributed by atoms with Crippen LogP contribution < -0.4 is 5.32 Å². The van der Waals surface area contributed by atoms with Gasteiger partial charge in [-0.05, 0) is 0 Å². The normalized spacial score (nSPS) is 11.3. The lowest BCUT2D eigenvalue weighted by Gasteiger charge is -2.13. The molecule has 0 bridgehead atoms.